The van der Waals surface area contributed by atoms with Crippen molar-refractivity contribution in [3.05, 3.63) is 42.1 Å². The van der Waals surface area contributed by atoms with Crippen LogP contribution >= 0.6 is 24.0 Å². The molecule has 2 heterocycles. The predicted octanol–water partition coefficient (Wildman–Crippen LogP) is 3.05. The van der Waals surface area contributed by atoms with Gasteiger partial charge in [-0.2, -0.15) is 0 Å². The Labute approximate surface area is 128 Å². The van der Waals surface area contributed by atoms with E-state index in [2.05, 4.69) is 48.7 Å². The molecule has 3 rings (SSSR count). The molecule has 1 aromatic heterocycles. The molecule has 2 aromatic rings. The van der Waals surface area contributed by atoms with E-state index in [1.54, 1.807) is 0 Å². The van der Waals surface area contributed by atoms with Crippen LogP contribution in [0.25, 0.3) is 10.9 Å². The summed E-state index contributed by atoms with van der Waals surface area (Å²) in [6, 6.07) is 12.4. The molecule has 1 aliphatic heterocycles. The summed E-state index contributed by atoms with van der Waals surface area (Å²) in [7, 11) is 0. The van der Waals surface area contributed by atoms with Crippen LogP contribution in [-0.4, -0.2) is 21.0 Å². The average Bonchev–Trinajstić information content (AvgIpc) is 2.68. The molecule has 0 radical (unpaired) electrons. The summed E-state index contributed by atoms with van der Waals surface area (Å²) < 4.78 is 0. The minimum Gasteiger partial charge on any atom is -0.355 e. The summed E-state index contributed by atoms with van der Waals surface area (Å²) in [6.07, 6.45) is 0. The number of nitrogens with one attached hydrogen (secondary N) is 2. The van der Waals surface area contributed by atoms with E-state index in [9.17, 15) is 0 Å². The van der Waals surface area contributed by atoms with Gasteiger partial charge in [-0.25, -0.2) is 0 Å². The van der Waals surface area contributed by atoms with Gasteiger partial charge >= 0.3 is 0 Å². The molecular formula is C15H17N3S2. The van der Waals surface area contributed by atoms with Crippen LogP contribution in [0.4, 0.5) is 0 Å². The lowest BCUT2D eigenvalue weighted by Gasteiger charge is -2.25. The number of para-hydroxylation sites is 1. The third-order valence-corrected chi connectivity index (χ3v) is 5.13. The Morgan fingerprint density at radius 2 is 2.05 bits per heavy atom. The highest BCUT2D eigenvalue weighted by atomic mass is 32.2. The van der Waals surface area contributed by atoms with E-state index in [1.807, 2.05) is 23.9 Å². The second kappa shape index (κ2) is 5.22. The molecule has 2 N–H and O–H groups in total. The third kappa shape index (κ3) is 2.74. The molecule has 1 atom stereocenters. The van der Waals surface area contributed by atoms with Gasteiger partial charge in [0.05, 0.1) is 22.1 Å². The Balaban J connectivity index is 1.72. The van der Waals surface area contributed by atoms with Gasteiger partial charge in [0.2, 0.25) is 0 Å². The highest BCUT2D eigenvalue weighted by Gasteiger charge is 2.36. The van der Waals surface area contributed by atoms with Crippen LogP contribution in [-0.2, 0) is 5.75 Å². The van der Waals surface area contributed by atoms with Crippen molar-refractivity contribution < 1.29 is 0 Å². The van der Waals surface area contributed by atoms with Crippen molar-refractivity contribution in [1.82, 2.24) is 15.6 Å². The molecule has 0 saturated carbocycles. The zero-order valence-electron chi connectivity index (χ0n) is 11.5. The van der Waals surface area contributed by atoms with Crippen molar-refractivity contribution in [3.63, 3.8) is 0 Å². The van der Waals surface area contributed by atoms with Gasteiger partial charge in [-0.3, -0.25) is 4.98 Å². The lowest BCUT2D eigenvalue weighted by molar-refractivity contribution is 0.479. The standard InChI is InChI=1S/C15H17N3S2/c1-15(2)13(17-14(19)18-15)20-9-11-8-7-10-5-3-4-6-12(10)16-11/h3-8,13H,9H2,1-2H3,(H2,17,18,19). The fraction of sp³-hybridized carbons (Fsp3) is 0.333. The van der Waals surface area contributed by atoms with Gasteiger partial charge in [0.25, 0.3) is 0 Å². The Morgan fingerprint density at radius 3 is 2.80 bits per heavy atom. The second-order valence-electron chi connectivity index (χ2n) is 5.51. The first-order valence-electron chi connectivity index (χ1n) is 6.59. The van der Waals surface area contributed by atoms with Crippen LogP contribution in [0.1, 0.15) is 19.5 Å². The molecule has 104 valence electrons. The number of hydrogen-bond donors (Lipinski definition) is 2. The van der Waals surface area contributed by atoms with Crippen molar-refractivity contribution in [2.75, 3.05) is 0 Å². The van der Waals surface area contributed by atoms with E-state index in [1.165, 1.54) is 5.39 Å². The van der Waals surface area contributed by atoms with Crippen molar-refractivity contribution >= 4 is 40.0 Å². The average molecular weight is 303 g/mol. The van der Waals surface area contributed by atoms with Gasteiger partial charge in [0, 0.05) is 11.1 Å². The summed E-state index contributed by atoms with van der Waals surface area (Å²) in [5.41, 5.74) is 2.13. The molecule has 0 bridgehead atoms. The van der Waals surface area contributed by atoms with Gasteiger partial charge < -0.3 is 10.6 Å². The number of pyridine rings is 1. The smallest absolute Gasteiger partial charge is 0.167 e. The molecule has 1 unspecified atom stereocenters. The van der Waals surface area contributed by atoms with Gasteiger partial charge in [-0.15, -0.1) is 11.8 Å². The summed E-state index contributed by atoms with van der Waals surface area (Å²) in [4.78, 5) is 4.70. The van der Waals surface area contributed by atoms with Crippen molar-refractivity contribution in [2.24, 2.45) is 0 Å². The number of hydrogen-bond acceptors (Lipinski definition) is 3. The highest BCUT2D eigenvalue weighted by molar-refractivity contribution is 7.99. The molecule has 5 heteroatoms. The van der Waals surface area contributed by atoms with Crippen molar-refractivity contribution in [3.8, 4) is 0 Å². The number of thioether (sulfide) groups is 1. The van der Waals surface area contributed by atoms with Gasteiger partial charge in [0.15, 0.2) is 5.11 Å². The Bertz CT molecular complexity index is 654. The molecule has 0 amide bonds. The first-order chi connectivity index (χ1) is 9.54. The van der Waals surface area contributed by atoms with Gasteiger partial charge in [0.1, 0.15) is 0 Å². The van der Waals surface area contributed by atoms with Crippen molar-refractivity contribution in [1.29, 1.82) is 0 Å². The summed E-state index contributed by atoms with van der Waals surface area (Å²) in [5, 5.41) is 8.78. The fourth-order valence-corrected chi connectivity index (χ4v) is 3.93. The zero-order chi connectivity index (χ0) is 14.2. The minimum absolute atomic E-state index is 0.0292. The third-order valence-electron chi connectivity index (χ3n) is 3.41. The number of benzene rings is 1. The molecule has 1 fully saturated rings. The van der Waals surface area contributed by atoms with Crippen LogP contribution in [0.2, 0.25) is 0 Å². The van der Waals surface area contributed by atoms with Crippen LogP contribution in [0.15, 0.2) is 36.4 Å². The number of rotatable bonds is 3. The first-order valence-corrected chi connectivity index (χ1v) is 8.05. The molecule has 3 nitrogen and oxygen atoms in total. The topological polar surface area (TPSA) is 37.0 Å². The van der Waals surface area contributed by atoms with Crippen molar-refractivity contribution in [2.45, 2.75) is 30.5 Å². The lowest BCUT2D eigenvalue weighted by atomic mass is 10.1. The molecule has 1 aliphatic rings. The second-order valence-corrected chi connectivity index (χ2v) is 7.01. The van der Waals surface area contributed by atoms with E-state index in [0.717, 1.165) is 22.1 Å². The molecular weight excluding hydrogens is 286 g/mol. The number of fused-ring (bicyclic) bond motifs is 1. The maximum Gasteiger partial charge on any atom is 0.167 e. The predicted molar refractivity (Wildman–Crippen MR) is 89.8 cm³/mol. The van der Waals surface area contributed by atoms with Crippen LogP contribution < -0.4 is 10.6 Å². The summed E-state index contributed by atoms with van der Waals surface area (Å²) in [6.45, 7) is 4.32. The normalized spacial score (nSPS) is 20.7. The molecule has 1 aromatic carbocycles. The largest absolute Gasteiger partial charge is 0.355 e. The maximum atomic E-state index is 5.19. The Kier molecular flexibility index (Phi) is 3.56. The summed E-state index contributed by atoms with van der Waals surface area (Å²) in [5.74, 6) is 0.871. The number of nitrogens with zero attached hydrogens (tertiary/aromatic N) is 1. The molecule has 0 aliphatic carbocycles. The van der Waals surface area contributed by atoms with Crippen LogP contribution in [0, 0.1) is 0 Å². The molecule has 20 heavy (non-hydrogen) atoms. The number of thiocarbonyl (C=S) groups is 1. The van der Waals surface area contributed by atoms with Gasteiger partial charge in [-0.1, -0.05) is 24.3 Å². The Morgan fingerprint density at radius 1 is 1.25 bits per heavy atom. The lowest BCUT2D eigenvalue weighted by Crippen LogP contribution is -2.41. The maximum absolute atomic E-state index is 5.19. The van der Waals surface area contributed by atoms with Crippen LogP contribution in [0.5, 0.6) is 0 Å². The van der Waals surface area contributed by atoms with E-state index in [0.29, 0.717) is 0 Å². The summed E-state index contributed by atoms with van der Waals surface area (Å²) >= 11 is 7.02. The molecule has 1 saturated heterocycles. The SMILES string of the molecule is CC1(C)NC(=S)NC1SCc1ccc2ccccc2n1. The monoisotopic (exact) mass is 303 g/mol. The van der Waals surface area contributed by atoms with E-state index in [-0.39, 0.29) is 10.9 Å². The first kappa shape index (κ1) is 13.6. The molecule has 0 spiro atoms. The minimum atomic E-state index is -0.0292. The van der Waals surface area contributed by atoms with E-state index in [4.69, 9.17) is 17.2 Å². The van der Waals surface area contributed by atoms with E-state index < -0.39 is 0 Å². The van der Waals surface area contributed by atoms with Gasteiger partial charge in [-0.05, 0) is 38.2 Å². The number of aromatic nitrogens is 1. The fourth-order valence-electron chi connectivity index (χ4n) is 2.30. The van der Waals surface area contributed by atoms with Crippen LogP contribution in [0.3, 0.4) is 0 Å². The zero-order valence-corrected chi connectivity index (χ0v) is 13.1. The van der Waals surface area contributed by atoms with E-state index >= 15 is 0 Å². The Hall–Kier alpha value is -1.33. The quantitative estimate of drug-likeness (QED) is 0.853. The highest BCUT2D eigenvalue weighted by Crippen LogP contribution is 2.27.